The molecule has 2 heterocycles. The normalized spacial score (nSPS) is 25.5. The van der Waals surface area contributed by atoms with Crippen LogP contribution in [0.5, 0.6) is 0 Å². The van der Waals surface area contributed by atoms with Crippen molar-refractivity contribution in [3.8, 4) is 0 Å². The van der Waals surface area contributed by atoms with E-state index in [1.54, 1.807) is 13.8 Å². The molecule has 7 heteroatoms. The molecule has 2 aliphatic rings. The lowest BCUT2D eigenvalue weighted by molar-refractivity contribution is -0.148. The van der Waals surface area contributed by atoms with E-state index >= 15 is 0 Å². The summed E-state index contributed by atoms with van der Waals surface area (Å²) in [6.45, 7) is 5.03. The zero-order valence-corrected chi connectivity index (χ0v) is 17.8. The van der Waals surface area contributed by atoms with E-state index < -0.39 is 29.9 Å². The molecular formula is C23H32N2O5. The number of hydrogen-bond acceptors (Lipinski definition) is 6. The summed E-state index contributed by atoms with van der Waals surface area (Å²) in [5.41, 5.74) is 1.11. The number of aryl methyl sites for hydroxylation is 1. The van der Waals surface area contributed by atoms with Gasteiger partial charge in [0.2, 0.25) is 0 Å². The summed E-state index contributed by atoms with van der Waals surface area (Å²) >= 11 is 0. The van der Waals surface area contributed by atoms with Crippen molar-refractivity contribution in [2.24, 2.45) is 11.8 Å². The highest BCUT2D eigenvalue weighted by Crippen LogP contribution is 2.38. The van der Waals surface area contributed by atoms with E-state index in [0.29, 0.717) is 19.4 Å². The summed E-state index contributed by atoms with van der Waals surface area (Å²) in [6.07, 6.45) is 3.02. The number of nitrogens with zero attached hydrogens (tertiary/aromatic N) is 1. The first-order chi connectivity index (χ1) is 14.4. The van der Waals surface area contributed by atoms with Gasteiger partial charge in [-0.05, 0) is 51.6 Å². The number of carbonyl (C=O) groups excluding carboxylic acids is 2. The summed E-state index contributed by atoms with van der Waals surface area (Å²) in [5.74, 6) is -2.63. The molecule has 2 fully saturated rings. The van der Waals surface area contributed by atoms with E-state index in [1.807, 2.05) is 30.3 Å². The number of ketones is 1. The highest BCUT2D eigenvalue weighted by molar-refractivity contribution is 5.91. The van der Waals surface area contributed by atoms with Crippen molar-refractivity contribution in [2.45, 2.75) is 57.7 Å². The second-order valence-corrected chi connectivity index (χ2v) is 8.29. The standard InChI is InChI=1S/C23H32N2O5/c1-3-30-23(29)18(12-11-16-8-5-4-6-9-16)24-15(2)21(26)20-17(22(27)28)14-25-13-7-10-19(20)25/h4-6,8-9,15,17-20,24H,3,7,10-14H2,1-2H3,(H,27,28). The van der Waals surface area contributed by atoms with Gasteiger partial charge in [-0.25, -0.2) is 0 Å². The third-order valence-corrected chi connectivity index (χ3v) is 6.35. The molecule has 0 spiro atoms. The fourth-order valence-electron chi connectivity index (χ4n) is 4.88. The summed E-state index contributed by atoms with van der Waals surface area (Å²) < 4.78 is 5.21. The SMILES string of the molecule is CCOC(=O)C(CCc1ccccc1)NC(C)C(=O)C1C(C(=O)O)CN2CCCC12. The van der Waals surface area contributed by atoms with Crippen molar-refractivity contribution in [1.82, 2.24) is 10.2 Å². The molecule has 0 amide bonds. The monoisotopic (exact) mass is 416 g/mol. The van der Waals surface area contributed by atoms with Crippen LogP contribution < -0.4 is 5.32 Å². The minimum atomic E-state index is -0.916. The second kappa shape index (κ2) is 10.2. The van der Waals surface area contributed by atoms with Crippen LogP contribution in [0.15, 0.2) is 30.3 Å². The first kappa shape index (κ1) is 22.4. The van der Waals surface area contributed by atoms with Gasteiger partial charge in [0, 0.05) is 18.5 Å². The Morgan fingerprint density at radius 2 is 2.00 bits per heavy atom. The molecule has 1 aromatic carbocycles. The number of esters is 1. The molecule has 2 N–H and O–H groups in total. The minimum Gasteiger partial charge on any atom is -0.481 e. The molecule has 0 aliphatic carbocycles. The predicted octanol–water partition coefficient (Wildman–Crippen LogP) is 1.89. The van der Waals surface area contributed by atoms with Crippen LogP contribution in [0.1, 0.15) is 38.7 Å². The average Bonchev–Trinajstić information content (AvgIpc) is 3.32. The molecule has 1 aromatic rings. The van der Waals surface area contributed by atoms with Crippen LogP contribution in [-0.2, 0) is 25.5 Å². The van der Waals surface area contributed by atoms with Crippen LogP contribution in [-0.4, -0.2) is 65.6 Å². The highest BCUT2D eigenvalue weighted by atomic mass is 16.5. The number of carbonyl (C=O) groups is 3. The van der Waals surface area contributed by atoms with Gasteiger partial charge in [0.25, 0.3) is 0 Å². The molecule has 3 rings (SSSR count). The molecule has 0 saturated carbocycles. The molecule has 164 valence electrons. The predicted molar refractivity (Wildman–Crippen MR) is 112 cm³/mol. The molecule has 2 aliphatic heterocycles. The van der Waals surface area contributed by atoms with Crippen LogP contribution in [0.2, 0.25) is 0 Å². The van der Waals surface area contributed by atoms with Crippen molar-refractivity contribution in [1.29, 1.82) is 0 Å². The first-order valence-electron chi connectivity index (χ1n) is 10.9. The molecule has 30 heavy (non-hydrogen) atoms. The quantitative estimate of drug-likeness (QED) is 0.562. The molecule has 0 aromatic heterocycles. The summed E-state index contributed by atoms with van der Waals surface area (Å²) in [4.78, 5) is 39.7. The van der Waals surface area contributed by atoms with E-state index in [9.17, 15) is 19.5 Å². The Bertz CT molecular complexity index is 753. The van der Waals surface area contributed by atoms with E-state index in [4.69, 9.17) is 4.74 Å². The lowest BCUT2D eigenvalue weighted by Gasteiger charge is -2.27. The zero-order valence-electron chi connectivity index (χ0n) is 17.8. The Morgan fingerprint density at radius 3 is 2.67 bits per heavy atom. The number of rotatable bonds is 10. The van der Waals surface area contributed by atoms with Gasteiger partial charge in [0.1, 0.15) is 6.04 Å². The Kier molecular flexibility index (Phi) is 7.61. The minimum absolute atomic E-state index is 0.00629. The van der Waals surface area contributed by atoms with E-state index in [2.05, 4.69) is 10.2 Å². The van der Waals surface area contributed by atoms with Crippen LogP contribution in [0.25, 0.3) is 0 Å². The number of benzene rings is 1. The maximum atomic E-state index is 13.3. The van der Waals surface area contributed by atoms with Crippen LogP contribution in [0.3, 0.4) is 0 Å². The molecule has 0 bridgehead atoms. The van der Waals surface area contributed by atoms with Gasteiger partial charge in [-0.15, -0.1) is 0 Å². The first-order valence-corrected chi connectivity index (χ1v) is 10.9. The molecule has 5 atom stereocenters. The number of nitrogens with one attached hydrogen (secondary N) is 1. The van der Waals surface area contributed by atoms with Crippen molar-refractivity contribution >= 4 is 17.7 Å². The number of carboxylic acid groups (broad SMARTS) is 1. The van der Waals surface area contributed by atoms with Gasteiger partial charge in [0.05, 0.1) is 18.6 Å². The lowest BCUT2D eigenvalue weighted by Crippen LogP contribution is -2.50. The van der Waals surface area contributed by atoms with E-state index in [0.717, 1.165) is 24.9 Å². The van der Waals surface area contributed by atoms with Gasteiger partial charge in [0.15, 0.2) is 5.78 Å². The fraction of sp³-hybridized carbons (Fsp3) is 0.609. The van der Waals surface area contributed by atoms with E-state index in [1.165, 1.54) is 0 Å². The fourth-order valence-corrected chi connectivity index (χ4v) is 4.88. The molecule has 5 unspecified atom stereocenters. The number of ether oxygens (including phenoxy) is 1. The third-order valence-electron chi connectivity index (χ3n) is 6.35. The molecule has 0 radical (unpaired) electrons. The van der Waals surface area contributed by atoms with Crippen LogP contribution in [0, 0.1) is 11.8 Å². The molecule has 2 saturated heterocycles. The number of carboxylic acids is 1. The van der Waals surface area contributed by atoms with Gasteiger partial charge < -0.3 is 9.84 Å². The summed E-state index contributed by atoms with van der Waals surface area (Å²) in [6, 6.07) is 8.60. The van der Waals surface area contributed by atoms with Gasteiger partial charge in [-0.1, -0.05) is 30.3 Å². The maximum absolute atomic E-state index is 13.3. The van der Waals surface area contributed by atoms with Gasteiger partial charge in [-0.3, -0.25) is 24.6 Å². The van der Waals surface area contributed by atoms with Crippen molar-refractivity contribution < 1.29 is 24.2 Å². The maximum Gasteiger partial charge on any atom is 0.323 e. The van der Waals surface area contributed by atoms with Crippen molar-refractivity contribution in [3.05, 3.63) is 35.9 Å². The topological polar surface area (TPSA) is 95.9 Å². The smallest absolute Gasteiger partial charge is 0.323 e. The average molecular weight is 417 g/mol. The Labute approximate surface area is 177 Å². The lowest BCUT2D eigenvalue weighted by atomic mass is 9.83. The molecular weight excluding hydrogens is 384 g/mol. The van der Waals surface area contributed by atoms with Crippen molar-refractivity contribution in [3.63, 3.8) is 0 Å². The van der Waals surface area contributed by atoms with Crippen LogP contribution in [0.4, 0.5) is 0 Å². The van der Waals surface area contributed by atoms with Gasteiger partial charge in [-0.2, -0.15) is 0 Å². The number of Topliss-reactive ketones (excluding diaryl/α,β-unsaturated/α-hetero) is 1. The number of aliphatic carboxylic acids is 1. The Balaban J connectivity index is 1.68. The summed E-state index contributed by atoms with van der Waals surface area (Å²) in [5, 5.41) is 12.8. The molecule has 7 nitrogen and oxygen atoms in total. The number of hydrogen-bond donors (Lipinski definition) is 2. The summed E-state index contributed by atoms with van der Waals surface area (Å²) in [7, 11) is 0. The van der Waals surface area contributed by atoms with Gasteiger partial charge >= 0.3 is 11.9 Å². The largest absolute Gasteiger partial charge is 0.481 e. The Morgan fingerprint density at radius 1 is 1.27 bits per heavy atom. The zero-order chi connectivity index (χ0) is 21.7. The Hall–Kier alpha value is -2.25. The second-order valence-electron chi connectivity index (χ2n) is 8.29. The van der Waals surface area contributed by atoms with Crippen molar-refractivity contribution in [2.75, 3.05) is 19.7 Å². The number of fused-ring (bicyclic) bond motifs is 1. The van der Waals surface area contributed by atoms with E-state index in [-0.39, 0.29) is 24.4 Å². The third kappa shape index (κ3) is 5.08. The highest BCUT2D eigenvalue weighted by Gasteiger charge is 2.51. The van der Waals surface area contributed by atoms with Crippen LogP contribution >= 0.6 is 0 Å².